The van der Waals surface area contributed by atoms with E-state index in [9.17, 15) is 24.0 Å². The van der Waals surface area contributed by atoms with Crippen LogP contribution in [0.4, 0.5) is 0 Å². The zero-order chi connectivity index (χ0) is 23.3. The first kappa shape index (κ1) is 27.2. The van der Waals surface area contributed by atoms with Gasteiger partial charge in [0.2, 0.25) is 0 Å². The third-order valence-electron chi connectivity index (χ3n) is 3.74. The van der Waals surface area contributed by atoms with Crippen molar-refractivity contribution < 1.29 is 49.5 Å². The fraction of sp³-hybridized carbons (Fsp3) is 0.688. The molecule has 0 amide bonds. The highest BCUT2D eigenvalue weighted by Crippen LogP contribution is 2.00. The van der Waals surface area contributed by atoms with E-state index in [1.165, 1.54) is 4.90 Å². The lowest BCUT2D eigenvalue weighted by atomic mass is 10.2. The Morgan fingerprint density at radius 2 is 1.00 bits per heavy atom. The third kappa shape index (κ3) is 15.2. The smallest absolute Gasteiger partial charge is 0.319 e. The van der Waals surface area contributed by atoms with Gasteiger partial charge in [-0.15, -0.1) is 0 Å². The highest BCUT2D eigenvalue weighted by atomic mass is 16.4. The van der Waals surface area contributed by atoms with Gasteiger partial charge < -0.3 is 25.5 Å². The molecule has 0 heterocycles. The van der Waals surface area contributed by atoms with E-state index in [1.54, 1.807) is 6.92 Å². The summed E-state index contributed by atoms with van der Waals surface area (Å²) < 4.78 is 0. The summed E-state index contributed by atoms with van der Waals surface area (Å²) in [7, 11) is 0. The summed E-state index contributed by atoms with van der Waals surface area (Å²) in [6.07, 6.45) is 0.320. The maximum atomic E-state index is 11.1. The van der Waals surface area contributed by atoms with Gasteiger partial charge in [0.1, 0.15) is 13.1 Å². The summed E-state index contributed by atoms with van der Waals surface area (Å²) in [5, 5.41) is 45.4. The molecule has 0 rings (SSSR count). The molecule has 6 N–H and O–H groups in total. The molecular weight excluding hydrogens is 408 g/mol. The van der Waals surface area contributed by atoms with Gasteiger partial charge in [0.05, 0.1) is 19.6 Å². The standard InChI is InChI=1S/C16H28N4O10/c1-11(17-20(9-15(27)28)10-16(29)30)2-3-18(6-12(21)22)4-5-19(7-13(23)24)8-14(25)26/h11,17H,2-10H2,1H3,(H,21,22)(H,23,24)(H,25,26)(H,27,28)(H,29,30). The van der Waals surface area contributed by atoms with E-state index < -0.39 is 62.1 Å². The predicted molar refractivity (Wildman–Crippen MR) is 99.8 cm³/mol. The third-order valence-corrected chi connectivity index (χ3v) is 3.74. The Morgan fingerprint density at radius 3 is 1.40 bits per heavy atom. The maximum Gasteiger partial charge on any atom is 0.319 e. The summed E-state index contributed by atoms with van der Waals surface area (Å²) in [5.74, 6) is -6.00. The normalized spacial score (nSPS) is 12.3. The number of nitrogens with one attached hydrogen (secondary N) is 1. The lowest BCUT2D eigenvalue weighted by molar-refractivity contribution is -0.144. The molecule has 1 atom stereocenters. The number of aliphatic carboxylic acids is 5. The summed E-state index contributed by atoms with van der Waals surface area (Å²) >= 11 is 0. The molecule has 14 nitrogen and oxygen atoms in total. The Bertz CT molecular complexity index is 583. The van der Waals surface area contributed by atoms with Crippen LogP contribution in [-0.2, 0) is 24.0 Å². The minimum Gasteiger partial charge on any atom is -0.480 e. The summed E-state index contributed by atoms with van der Waals surface area (Å²) in [6.45, 7) is -0.502. The van der Waals surface area contributed by atoms with Crippen molar-refractivity contribution in [3.63, 3.8) is 0 Å². The van der Waals surface area contributed by atoms with Crippen molar-refractivity contribution in [3.05, 3.63) is 0 Å². The van der Waals surface area contributed by atoms with Crippen LogP contribution >= 0.6 is 0 Å². The molecule has 0 aliphatic heterocycles. The van der Waals surface area contributed by atoms with Crippen molar-refractivity contribution in [2.45, 2.75) is 19.4 Å². The molecule has 0 fully saturated rings. The van der Waals surface area contributed by atoms with Crippen molar-refractivity contribution in [1.29, 1.82) is 0 Å². The average molecular weight is 436 g/mol. The van der Waals surface area contributed by atoms with Gasteiger partial charge in [-0.1, -0.05) is 0 Å². The average Bonchev–Trinajstić information content (AvgIpc) is 2.54. The van der Waals surface area contributed by atoms with Crippen molar-refractivity contribution >= 4 is 29.8 Å². The Hall–Kier alpha value is -2.81. The molecule has 0 saturated carbocycles. The Labute approximate surface area is 172 Å². The summed E-state index contributed by atoms with van der Waals surface area (Å²) in [5.41, 5.74) is 2.74. The van der Waals surface area contributed by atoms with Crippen molar-refractivity contribution in [1.82, 2.24) is 20.2 Å². The van der Waals surface area contributed by atoms with Crippen LogP contribution in [-0.4, -0.2) is 129 Å². The number of nitrogens with zero attached hydrogens (tertiary/aromatic N) is 3. The van der Waals surface area contributed by atoms with Gasteiger partial charge in [-0.25, -0.2) is 5.01 Å². The molecule has 0 aliphatic rings. The topological polar surface area (TPSA) is 208 Å². The second kappa shape index (κ2) is 14.2. The van der Waals surface area contributed by atoms with Crippen LogP contribution < -0.4 is 5.43 Å². The molecule has 0 aliphatic carbocycles. The van der Waals surface area contributed by atoms with E-state index in [-0.39, 0.29) is 26.2 Å². The number of hydrazine groups is 1. The zero-order valence-corrected chi connectivity index (χ0v) is 16.6. The summed E-state index contributed by atoms with van der Waals surface area (Å²) in [4.78, 5) is 57.1. The van der Waals surface area contributed by atoms with Crippen LogP contribution in [0.5, 0.6) is 0 Å². The predicted octanol–water partition coefficient (Wildman–Crippen LogP) is -2.40. The summed E-state index contributed by atoms with van der Waals surface area (Å²) in [6, 6.07) is -0.394. The first-order valence-electron chi connectivity index (χ1n) is 8.93. The van der Waals surface area contributed by atoms with Gasteiger partial charge >= 0.3 is 29.8 Å². The number of rotatable bonds is 18. The largest absolute Gasteiger partial charge is 0.480 e. The molecule has 1 unspecified atom stereocenters. The van der Waals surface area contributed by atoms with E-state index in [1.807, 2.05) is 0 Å². The van der Waals surface area contributed by atoms with E-state index in [4.69, 9.17) is 25.5 Å². The first-order valence-corrected chi connectivity index (χ1v) is 8.93. The maximum absolute atomic E-state index is 11.1. The van der Waals surface area contributed by atoms with Gasteiger partial charge in [-0.3, -0.25) is 39.2 Å². The highest BCUT2D eigenvalue weighted by molar-refractivity contribution is 5.73. The fourth-order valence-electron chi connectivity index (χ4n) is 2.57. The van der Waals surface area contributed by atoms with Gasteiger partial charge in [-0.2, -0.15) is 0 Å². The quantitative estimate of drug-likeness (QED) is 0.124. The van der Waals surface area contributed by atoms with Crippen LogP contribution in [0, 0.1) is 0 Å². The molecular formula is C16H28N4O10. The lowest BCUT2D eigenvalue weighted by Gasteiger charge is -2.28. The van der Waals surface area contributed by atoms with Gasteiger partial charge in [0.25, 0.3) is 0 Å². The molecule has 14 heteroatoms. The monoisotopic (exact) mass is 436 g/mol. The molecule has 0 saturated heterocycles. The molecule has 0 aromatic heterocycles. The second-order valence-electron chi connectivity index (χ2n) is 6.63. The second-order valence-corrected chi connectivity index (χ2v) is 6.63. The van der Waals surface area contributed by atoms with Crippen LogP contribution in [0.3, 0.4) is 0 Å². The molecule has 0 radical (unpaired) electrons. The number of hydrogen-bond donors (Lipinski definition) is 6. The van der Waals surface area contributed by atoms with E-state index >= 15 is 0 Å². The lowest BCUT2D eigenvalue weighted by Crippen LogP contribution is -2.49. The van der Waals surface area contributed by atoms with Crippen LogP contribution in [0.2, 0.25) is 0 Å². The van der Waals surface area contributed by atoms with Gasteiger partial charge in [0, 0.05) is 25.7 Å². The molecule has 0 bridgehead atoms. The van der Waals surface area contributed by atoms with E-state index in [2.05, 4.69) is 5.43 Å². The number of hydrogen-bond acceptors (Lipinski definition) is 9. The van der Waals surface area contributed by atoms with Crippen LogP contribution in [0.15, 0.2) is 0 Å². The van der Waals surface area contributed by atoms with Gasteiger partial charge in [0.15, 0.2) is 0 Å². The Kier molecular flexibility index (Phi) is 12.9. The highest BCUT2D eigenvalue weighted by Gasteiger charge is 2.19. The Morgan fingerprint density at radius 1 is 0.633 bits per heavy atom. The first-order chi connectivity index (χ1) is 13.9. The Balaban J connectivity index is 4.80. The number of carbonyl (C=O) groups is 5. The van der Waals surface area contributed by atoms with E-state index in [0.29, 0.717) is 6.42 Å². The van der Waals surface area contributed by atoms with Gasteiger partial charge in [-0.05, 0) is 13.3 Å². The molecule has 0 spiro atoms. The zero-order valence-electron chi connectivity index (χ0n) is 16.6. The van der Waals surface area contributed by atoms with Crippen molar-refractivity contribution in [2.24, 2.45) is 0 Å². The van der Waals surface area contributed by atoms with Crippen molar-refractivity contribution in [3.8, 4) is 0 Å². The minimum atomic E-state index is -1.22. The SMILES string of the molecule is CC(CCN(CCN(CC(=O)O)CC(=O)O)CC(=O)O)NN(CC(=O)O)CC(=O)O. The van der Waals surface area contributed by atoms with E-state index in [0.717, 1.165) is 9.91 Å². The van der Waals surface area contributed by atoms with Crippen LogP contribution in [0.25, 0.3) is 0 Å². The minimum absolute atomic E-state index is 0.0117. The fourth-order valence-corrected chi connectivity index (χ4v) is 2.57. The molecule has 0 aromatic rings. The van der Waals surface area contributed by atoms with Crippen LogP contribution in [0.1, 0.15) is 13.3 Å². The number of carboxylic acid groups (broad SMARTS) is 5. The molecule has 172 valence electrons. The van der Waals surface area contributed by atoms with Crippen molar-refractivity contribution in [2.75, 3.05) is 52.4 Å². The molecule has 30 heavy (non-hydrogen) atoms. The number of carboxylic acids is 5. The molecule has 0 aromatic carbocycles.